The number of carbonyl (C=O) groups excluding carboxylic acids is 1. The van der Waals surface area contributed by atoms with Gasteiger partial charge in [-0.2, -0.15) is 0 Å². The number of hydrogen-bond acceptors (Lipinski definition) is 7. The predicted octanol–water partition coefficient (Wildman–Crippen LogP) is 1.98. The zero-order valence-corrected chi connectivity index (χ0v) is 10.4. The number of ether oxygens (including phenoxy) is 1. The molecule has 0 fully saturated rings. The van der Waals surface area contributed by atoms with E-state index in [0.29, 0.717) is 22.0 Å². The maximum Gasteiger partial charge on any atom is 0.367 e. The van der Waals surface area contributed by atoms with Crippen LogP contribution >= 0.6 is 23.1 Å². The van der Waals surface area contributed by atoms with E-state index in [0.717, 1.165) is 5.03 Å². The molecule has 0 aliphatic carbocycles. The lowest BCUT2D eigenvalue weighted by Gasteiger charge is -1.95. The highest BCUT2D eigenvalue weighted by molar-refractivity contribution is 7.98. The van der Waals surface area contributed by atoms with Crippen molar-refractivity contribution in [1.29, 1.82) is 0 Å². The second-order valence-electron chi connectivity index (χ2n) is 2.78. The van der Waals surface area contributed by atoms with Gasteiger partial charge in [0.25, 0.3) is 0 Å². The van der Waals surface area contributed by atoms with Crippen LogP contribution in [0, 0.1) is 0 Å². The molecule has 2 aromatic rings. The van der Waals surface area contributed by atoms with Crippen molar-refractivity contribution >= 4 is 39.4 Å². The van der Waals surface area contributed by atoms with Gasteiger partial charge in [0.2, 0.25) is 5.01 Å². The van der Waals surface area contributed by atoms with Gasteiger partial charge in [-0.25, -0.2) is 19.7 Å². The smallest absolute Gasteiger partial charge is 0.367 e. The highest BCUT2D eigenvalue weighted by Crippen LogP contribution is 2.26. The van der Waals surface area contributed by atoms with Crippen LogP contribution < -0.4 is 0 Å². The first-order valence-electron chi connectivity index (χ1n) is 4.59. The molecule has 0 aromatic carbocycles. The van der Waals surface area contributed by atoms with E-state index in [4.69, 9.17) is 4.74 Å². The molecule has 0 bridgehead atoms. The first-order chi connectivity index (χ1) is 7.76. The summed E-state index contributed by atoms with van der Waals surface area (Å²) in [5.74, 6) is -0.405. The average molecular weight is 255 g/mol. The fraction of sp³-hybridized carbons (Fsp3) is 0.333. The van der Waals surface area contributed by atoms with Gasteiger partial charge in [0.1, 0.15) is 21.7 Å². The minimum absolute atomic E-state index is 0.327. The maximum absolute atomic E-state index is 11.5. The van der Waals surface area contributed by atoms with Crippen molar-refractivity contribution in [3.8, 4) is 0 Å². The molecule has 0 saturated carbocycles. The summed E-state index contributed by atoms with van der Waals surface area (Å²) in [5.41, 5.74) is 0.669. The first kappa shape index (κ1) is 11.3. The molecular formula is C9H9N3O2S2. The van der Waals surface area contributed by atoms with E-state index in [1.807, 2.05) is 6.26 Å². The molecule has 0 aliphatic rings. The summed E-state index contributed by atoms with van der Waals surface area (Å²) < 4.78 is 4.88. The van der Waals surface area contributed by atoms with Crippen molar-refractivity contribution in [1.82, 2.24) is 15.0 Å². The van der Waals surface area contributed by atoms with Crippen LogP contribution in [0.25, 0.3) is 10.3 Å². The predicted molar refractivity (Wildman–Crippen MR) is 62.9 cm³/mol. The minimum atomic E-state index is -0.405. The molecule has 0 spiro atoms. The van der Waals surface area contributed by atoms with Crippen molar-refractivity contribution in [3.63, 3.8) is 0 Å². The van der Waals surface area contributed by atoms with Gasteiger partial charge < -0.3 is 4.74 Å². The summed E-state index contributed by atoms with van der Waals surface area (Å²) in [4.78, 5) is 24.6. The minimum Gasteiger partial charge on any atom is -0.461 e. The second-order valence-corrected chi connectivity index (χ2v) is 4.55. The number of esters is 1. The van der Waals surface area contributed by atoms with Crippen molar-refractivity contribution in [2.45, 2.75) is 11.9 Å². The molecule has 2 aromatic heterocycles. The van der Waals surface area contributed by atoms with E-state index in [9.17, 15) is 4.79 Å². The SMILES string of the molecule is CCOC(=O)c1nc2c(SC)ncnc2s1. The van der Waals surface area contributed by atoms with Crippen LogP contribution in [0.15, 0.2) is 11.4 Å². The molecule has 0 radical (unpaired) electrons. The molecule has 0 saturated heterocycles. The zero-order valence-electron chi connectivity index (χ0n) is 8.76. The van der Waals surface area contributed by atoms with Crippen LogP contribution in [0.1, 0.15) is 16.7 Å². The zero-order chi connectivity index (χ0) is 11.5. The number of thioether (sulfide) groups is 1. The normalized spacial score (nSPS) is 10.6. The summed E-state index contributed by atoms with van der Waals surface area (Å²) >= 11 is 2.70. The fourth-order valence-electron chi connectivity index (χ4n) is 1.16. The summed E-state index contributed by atoms with van der Waals surface area (Å²) in [6.45, 7) is 2.11. The molecule has 0 N–H and O–H groups in total. The van der Waals surface area contributed by atoms with Gasteiger partial charge in [-0.1, -0.05) is 11.3 Å². The Balaban J connectivity index is 2.47. The molecule has 7 heteroatoms. The number of aromatic nitrogens is 3. The van der Waals surface area contributed by atoms with Gasteiger partial charge in [0.05, 0.1) is 6.61 Å². The van der Waals surface area contributed by atoms with Crippen LogP contribution in [0.3, 0.4) is 0 Å². The van der Waals surface area contributed by atoms with Crippen LogP contribution in [0.4, 0.5) is 0 Å². The van der Waals surface area contributed by atoms with Gasteiger partial charge in [-0.15, -0.1) is 11.8 Å². The standard InChI is InChI=1S/C9H9N3O2S2/c1-3-14-9(13)8-12-5-6(15-2)10-4-11-7(5)16-8/h4H,3H2,1-2H3. The number of hydrogen-bond donors (Lipinski definition) is 0. The van der Waals surface area contributed by atoms with E-state index in [1.54, 1.807) is 6.92 Å². The van der Waals surface area contributed by atoms with E-state index in [1.165, 1.54) is 29.4 Å². The molecule has 0 unspecified atom stereocenters. The van der Waals surface area contributed by atoms with Crippen LogP contribution in [-0.2, 0) is 4.74 Å². The monoisotopic (exact) mass is 255 g/mol. The van der Waals surface area contributed by atoms with Gasteiger partial charge in [0, 0.05) is 0 Å². The molecule has 5 nitrogen and oxygen atoms in total. The molecule has 0 aliphatic heterocycles. The van der Waals surface area contributed by atoms with E-state index < -0.39 is 5.97 Å². The Morgan fingerprint density at radius 1 is 1.56 bits per heavy atom. The molecule has 16 heavy (non-hydrogen) atoms. The Morgan fingerprint density at radius 2 is 2.38 bits per heavy atom. The number of carbonyl (C=O) groups is 1. The van der Waals surface area contributed by atoms with Gasteiger partial charge in [-0.3, -0.25) is 0 Å². The van der Waals surface area contributed by atoms with Gasteiger partial charge >= 0.3 is 5.97 Å². The van der Waals surface area contributed by atoms with Crippen molar-refractivity contribution in [2.75, 3.05) is 12.9 Å². The van der Waals surface area contributed by atoms with Crippen molar-refractivity contribution in [3.05, 3.63) is 11.3 Å². The molecule has 0 atom stereocenters. The summed E-state index contributed by atoms with van der Waals surface area (Å²) in [5, 5.41) is 1.10. The number of thiazole rings is 1. The fourth-order valence-corrected chi connectivity index (χ4v) is 2.52. The molecule has 84 valence electrons. The van der Waals surface area contributed by atoms with Crippen LogP contribution in [-0.4, -0.2) is 33.8 Å². The lowest BCUT2D eigenvalue weighted by Crippen LogP contribution is -2.03. The Hall–Kier alpha value is -1.21. The third-order valence-corrected chi connectivity index (χ3v) is 3.43. The van der Waals surface area contributed by atoms with E-state index in [-0.39, 0.29) is 0 Å². The molecule has 2 heterocycles. The Kier molecular flexibility index (Phi) is 3.35. The van der Waals surface area contributed by atoms with Gasteiger partial charge in [-0.05, 0) is 13.2 Å². The third-order valence-electron chi connectivity index (χ3n) is 1.81. The van der Waals surface area contributed by atoms with Crippen molar-refractivity contribution in [2.24, 2.45) is 0 Å². The lowest BCUT2D eigenvalue weighted by atomic mass is 10.6. The Labute approximate surface area is 100 Å². The number of rotatable bonds is 3. The Morgan fingerprint density at radius 3 is 3.06 bits per heavy atom. The average Bonchev–Trinajstić information content (AvgIpc) is 2.72. The highest BCUT2D eigenvalue weighted by atomic mass is 32.2. The van der Waals surface area contributed by atoms with E-state index >= 15 is 0 Å². The quantitative estimate of drug-likeness (QED) is 0.475. The molecular weight excluding hydrogens is 246 g/mol. The van der Waals surface area contributed by atoms with Crippen LogP contribution in [0.2, 0.25) is 0 Å². The third kappa shape index (κ3) is 2.00. The summed E-state index contributed by atoms with van der Waals surface area (Å²) in [7, 11) is 0. The molecule has 0 amide bonds. The second kappa shape index (κ2) is 4.75. The topological polar surface area (TPSA) is 65.0 Å². The maximum atomic E-state index is 11.5. The lowest BCUT2D eigenvalue weighted by molar-refractivity contribution is 0.0526. The first-order valence-corrected chi connectivity index (χ1v) is 6.63. The Bertz CT molecular complexity index is 526. The summed E-state index contributed by atoms with van der Waals surface area (Å²) in [6, 6.07) is 0. The number of nitrogens with zero attached hydrogens (tertiary/aromatic N) is 3. The van der Waals surface area contributed by atoms with Crippen LogP contribution in [0.5, 0.6) is 0 Å². The van der Waals surface area contributed by atoms with Crippen molar-refractivity contribution < 1.29 is 9.53 Å². The highest BCUT2D eigenvalue weighted by Gasteiger charge is 2.16. The number of fused-ring (bicyclic) bond motifs is 1. The van der Waals surface area contributed by atoms with Gasteiger partial charge in [0.15, 0.2) is 0 Å². The summed E-state index contributed by atoms with van der Waals surface area (Å²) in [6.07, 6.45) is 3.38. The largest absolute Gasteiger partial charge is 0.461 e. The molecule has 2 rings (SSSR count). The van der Waals surface area contributed by atoms with E-state index in [2.05, 4.69) is 15.0 Å².